The molecule has 0 saturated heterocycles. The van der Waals surface area contributed by atoms with E-state index in [0.717, 1.165) is 77.0 Å². The monoisotopic (exact) mass is 1170 g/mol. The van der Waals surface area contributed by atoms with Crippen LogP contribution in [0, 0.1) is 0 Å². The molecule has 0 aromatic carbocycles. The molecule has 0 saturated carbocycles. The van der Waals surface area contributed by atoms with Gasteiger partial charge in [0, 0.05) is 6.42 Å². The molecule has 0 aliphatic heterocycles. The molecule has 0 radical (unpaired) electrons. The van der Waals surface area contributed by atoms with Gasteiger partial charge in [-0.1, -0.05) is 386 Å². The normalized spacial score (nSPS) is 13.3. The van der Waals surface area contributed by atoms with Crippen LogP contribution in [0.25, 0.3) is 0 Å². The molecule has 0 fully saturated rings. The third-order valence-corrected chi connectivity index (χ3v) is 16.7. The molecule has 0 aromatic rings. The summed E-state index contributed by atoms with van der Waals surface area (Å²) in [7, 11) is 0. The number of carbonyl (C=O) groups excluding carboxylic acids is 1. The van der Waals surface area contributed by atoms with E-state index in [1.54, 1.807) is 6.08 Å². The Balaban J connectivity index is 3.49. The molecule has 0 aliphatic carbocycles. The van der Waals surface area contributed by atoms with E-state index in [9.17, 15) is 15.0 Å². The first-order valence-electron chi connectivity index (χ1n) is 37.1. The van der Waals surface area contributed by atoms with Crippen LogP contribution in [0.4, 0.5) is 0 Å². The Kier molecular flexibility index (Phi) is 71.7. The molecule has 2 unspecified atom stereocenters. The molecule has 4 nitrogen and oxygen atoms in total. The number of amides is 1. The van der Waals surface area contributed by atoms with Gasteiger partial charge >= 0.3 is 0 Å². The second-order valence-electron chi connectivity index (χ2n) is 25.0. The maximum absolute atomic E-state index is 12.6. The van der Waals surface area contributed by atoms with Crippen LogP contribution in [0.15, 0.2) is 109 Å². The molecule has 486 valence electrons. The van der Waals surface area contributed by atoms with Crippen LogP contribution in [-0.2, 0) is 4.79 Å². The highest BCUT2D eigenvalue weighted by Crippen LogP contribution is 2.19. The number of aliphatic hydroxyl groups excluding tert-OH is 2. The van der Waals surface area contributed by atoms with Gasteiger partial charge in [-0.25, -0.2) is 0 Å². The Morgan fingerprint density at radius 2 is 0.536 bits per heavy atom. The van der Waals surface area contributed by atoms with Gasteiger partial charge in [0.1, 0.15) is 0 Å². The van der Waals surface area contributed by atoms with Gasteiger partial charge in [0.2, 0.25) is 5.91 Å². The number of carbonyl (C=O) groups is 1. The highest BCUT2D eigenvalue weighted by atomic mass is 16.3. The molecule has 0 spiro atoms. The standard InChI is InChI=1S/C80H143NO3/c1-3-5-7-9-11-13-15-17-19-21-23-25-27-29-31-33-35-37-38-39-40-41-42-44-46-48-50-52-54-56-58-60-62-64-66-68-70-72-74-76-80(84)81-78(77-82)79(83)75-73-71-69-67-65-63-61-59-57-55-53-51-49-47-45-43-36-34-32-30-28-26-24-22-20-18-16-14-12-10-8-6-4-2/h5,7,11,13,17,19,23,25,29,31,35,37,39-40,65,67,73,75,78-79,82-83H,3-4,6,8-10,12,14-16,18,20-22,24,26-28,30,32-34,36,38,41-64,66,68-72,74,76-77H2,1-2H3,(H,81,84)/b7-5-,13-11-,19-17-,25-23-,31-29-,37-35-,40-39-,67-65+,75-73+. The SMILES string of the molecule is CC/C=C\C/C=C\C/C=C\C/C=C\C/C=C\C/C=C\C/C=C\CCCCCCCCCCCCCCCCCCCC(=O)NC(CO)C(O)/C=C/CC/C=C/CCCCCCCCCCCCCCCCCCCCCCCCCCCCC. The van der Waals surface area contributed by atoms with Crippen LogP contribution >= 0.6 is 0 Å². The first kappa shape index (κ1) is 81.0. The Bertz CT molecular complexity index is 1560. The minimum atomic E-state index is -0.869. The number of hydrogen-bond acceptors (Lipinski definition) is 3. The zero-order valence-corrected chi connectivity index (χ0v) is 56.2. The Hall–Kier alpha value is -2.95. The molecular formula is C80H143NO3. The summed E-state index contributed by atoms with van der Waals surface area (Å²) in [4.78, 5) is 12.6. The molecule has 0 bridgehead atoms. The molecular weight excluding hydrogens is 1020 g/mol. The molecule has 2 atom stereocenters. The largest absolute Gasteiger partial charge is 0.394 e. The molecule has 3 N–H and O–H groups in total. The van der Waals surface area contributed by atoms with Gasteiger partial charge in [-0.3, -0.25) is 4.79 Å². The summed E-state index contributed by atoms with van der Waals surface area (Å²) < 4.78 is 0. The summed E-state index contributed by atoms with van der Waals surface area (Å²) in [6.45, 7) is 4.21. The van der Waals surface area contributed by atoms with Gasteiger partial charge in [0.05, 0.1) is 18.8 Å². The lowest BCUT2D eigenvalue weighted by Crippen LogP contribution is -2.45. The molecule has 4 heteroatoms. The summed E-state index contributed by atoms with van der Waals surface area (Å²) in [6, 6.07) is -0.646. The molecule has 0 rings (SSSR count). The van der Waals surface area contributed by atoms with Crippen molar-refractivity contribution in [2.24, 2.45) is 0 Å². The molecule has 0 aromatic heterocycles. The fourth-order valence-corrected chi connectivity index (χ4v) is 11.2. The van der Waals surface area contributed by atoms with Crippen molar-refractivity contribution in [1.82, 2.24) is 5.32 Å². The predicted octanol–water partition coefficient (Wildman–Crippen LogP) is 25.7. The summed E-state index contributed by atoms with van der Waals surface area (Å²) in [6.07, 6.45) is 112. The maximum Gasteiger partial charge on any atom is 0.220 e. The van der Waals surface area contributed by atoms with Crippen LogP contribution in [0.2, 0.25) is 0 Å². The zero-order valence-electron chi connectivity index (χ0n) is 56.2. The molecule has 0 aliphatic rings. The molecule has 0 heterocycles. The van der Waals surface area contributed by atoms with E-state index < -0.39 is 12.1 Å². The first-order chi connectivity index (χ1) is 41.7. The number of nitrogens with one attached hydrogen (secondary N) is 1. The van der Waals surface area contributed by atoms with Crippen molar-refractivity contribution in [1.29, 1.82) is 0 Å². The Morgan fingerprint density at radius 1 is 0.298 bits per heavy atom. The predicted molar refractivity (Wildman–Crippen MR) is 377 cm³/mol. The minimum absolute atomic E-state index is 0.0713. The average Bonchev–Trinajstić information content (AvgIpc) is 3.51. The van der Waals surface area contributed by atoms with E-state index in [2.05, 4.69) is 116 Å². The lowest BCUT2D eigenvalue weighted by molar-refractivity contribution is -0.123. The number of unbranched alkanes of at least 4 members (excludes halogenated alkanes) is 45. The zero-order chi connectivity index (χ0) is 60.5. The first-order valence-corrected chi connectivity index (χ1v) is 37.1. The fraction of sp³-hybridized carbons (Fsp3) is 0.762. The number of allylic oxidation sites excluding steroid dienone is 17. The molecule has 1 amide bonds. The highest BCUT2D eigenvalue weighted by molar-refractivity contribution is 5.76. The van der Waals surface area contributed by atoms with Crippen molar-refractivity contribution in [2.75, 3.05) is 6.61 Å². The second kappa shape index (κ2) is 74.3. The number of hydrogen-bond donors (Lipinski definition) is 3. The lowest BCUT2D eigenvalue weighted by Gasteiger charge is -2.19. The van der Waals surface area contributed by atoms with Crippen molar-refractivity contribution >= 4 is 5.91 Å². The van der Waals surface area contributed by atoms with Crippen molar-refractivity contribution in [3.05, 3.63) is 109 Å². The van der Waals surface area contributed by atoms with Crippen molar-refractivity contribution in [3.8, 4) is 0 Å². The van der Waals surface area contributed by atoms with Crippen LogP contribution in [0.1, 0.15) is 373 Å². The summed E-state index contributed by atoms with van der Waals surface area (Å²) in [5.74, 6) is -0.0713. The van der Waals surface area contributed by atoms with Crippen molar-refractivity contribution in [2.45, 2.75) is 386 Å². The van der Waals surface area contributed by atoms with Crippen molar-refractivity contribution in [3.63, 3.8) is 0 Å². The fourth-order valence-electron chi connectivity index (χ4n) is 11.2. The third-order valence-electron chi connectivity index (χ3n) is 16.7. The van der Waals surface area contributed by atoms with Gasteiger partial charge in [-0.05, 0) is 89.9 Å². The average molecular weight is 1170 g/mol. The van der Waals surface area contributed by atoms with Crippen LogP contribution in [0.3, 0.4) is 0 Å². The minimum Gasteiger partial charge on any atom is -0.394 e. The van der Waals surface area contributed by atoms with E-state index in [1.165, 1.54) is 276 Å². The Labute approximate surface area is 525 Å². The quantitative estimate of drug-likeness (QED) is 0.0420. The smallest absolute Gasteiger partial charge is 0.220 e. The lowest BCUT2D eigenvalue weighted by atomic mass is 10.0. The van der Waals surface area contributed by atoms with E-state index in [1.807, 2.05) is 6.08 Å². The number of aliphatic hydroxyl groups is 2. The molecule has 84 heavy (non-hydrogen) atoms. The van der Waals surface area contributed by atoms with Gasteiger partial charge in [0.25, 0.3) is 0 Å². The highest BCUT2D eigenvalue weighted by Gasteiger charge is 2.18. The van der Waals surface area contributed by atoms with Crippen LogP contribution in [0.5, 0.6) is 0 Å². The summed E-state index contributed by atoms with van der Waals surface area (Å²) in [5.41, 5.74) is 0. The topological polar surface area (TPSA) is 69.6 Å². The Morgan fingerprint density at radius 3 is 0.833 bits per heavy atom. The number of rotatable bonds is 68. The van der Waals surface area contributed by atoms with E-state index in [4.69, 9.17) is 0 Å². The summed E-state index contributed by atoms with van der Waals surface area (Å²) >= 11 is 0. The maximum atomic E-state index is 12.6. The van der Waals surface area contributed by atoms with Crippen LogP contribution < -0.4 is 5.32 Å². The van der Waals surface area contributed by atoms with Gasteiger partial charge in [-0.2, -0.15) is 0 Å². The second-order valence-corrected chi connectivity index (χ2v) is 25.0. The van der Waals surface area contributed by atoms with Gasteiger partial charge in [0.15, 0.2) is 0 Å². The van der Waals surface area contributed by atoms with Gasteiger partial charge < -0.3 is 15.5 Å². The van der Waals surface area contributed by atoms with E-state index >= 15 is 0 Å². The van der Waals surface area contributed by atoms with Crippen molar-refractivity contribution < 1.29 is 15.0 Å². The third kappa shape index (κ3) is 69.8. The van der Waals surface area contributed by atoms with E-state index in [-0.39, 0.29) is 12.5 Å². The van der Waals surface area contributed by atoms with Gasteiger partial charge in [-0.15, -0.1) is 0 Å². The van der Waals surface area contributed by atoms with E-state index in [0.29, 0.717) is 6.42 Å². The summed E-state index contributed by atoms with van der Waals surface area (Å²) in [5, 5.41) is 23.3. The van der Waals surface area contributed by atoms with Crippen LogP contribution in [-0.4, -0.2) is 34.9 Å².